The van der Waals surface area contributed by atoms with Crippen LogP contribution in [0.3, 0.4) is 0 Å². The monoisotopic (exact) mass is 271 g/mol. The van der Waals surface area contributed by atoms with E-state index in [-0.39, 0.29) is 16.1 Å². The Kier molecular flexibility index (Phi) is 4.39. The first kappa shape index (κ1) is 14.6. The Balaban J connectivity index is 2.93. The van der Waals surface area contributed by atoms with Gasteiger partial charge < -0.3 is 15.8 Å². The quantitative estimate of drug-likeness (QED) is 0.754. The van der Waals surface area contributed by atoms with E-state index in [1.807, 2.05) is 0 Å². The van der Waals surface area contributed by atoms with Crippen LogP contribution >= 0.6 is 11.8 Å². The third kappa shape index (κ3) is 4.40. The number of nitrogens with zero attached hydrogens (tertiary/aromatic N) is 1. The molecule has 0 saturated carbocycles. The molecule has 0 bridgehead atoms. The van der Waals surface area contributed by atoms with E-state index in [0.29, 0.717) is 11.6 Å². The Morgan fingerprint density at radius 3 is 2.56 bits per heavy atom. The number of nitrogens with two attached hydrogens (primary N) is 1. The van der Waals surface area contributed by atoms with E-state index in [2.05, 4.69) is 30.7 Å². The molecule has 0 aliphatic heterocycles. The van der Waals surface area contributed by atoms with Crippen molar-refractivity contribution in [2.24, 2.45) is 0 Å². The topological polar surface area (TPSA) is 109 Å². The van der Waals surface area contributed by atoms with Gasteiger partial charge in [0.2, 0.25) is 0 Å². The van der Waals surface area contributed by atoms with Crippen molar-refractivity contribution in [3.63, 3.8) is 0 Å². The molecule has 100 valence electrons. The average Bonchev–Trinajstić information content (AvgIpc) is 2.19. The number of aliphatic carboxylic acids is 1. The van der Waals surface area contributed by atoms with E-state index >= 15 is 0 Å². The van der Waals surface area contributed by atoms with Crippen molar-refractivity contribution in [3.05, 3.63) is 21.7 Å². The third-order valence-electron chi connectivity index (χ3n) is 2.07. The molecule has 0 spiro atoms. The van der Waals surface area contributed by atoms with Gasteiger partial charge in [0.15, 0.2) is 0 Å². The highest BCUT2D eigenvalue weighted by atomic mass is 32.2. The van der Waals surface area contributed by atoms with Crippen molar-refractivity contribution in [2.75, 3.05) is 5.73 Å². The van der Waals surface area contributed by atoms with Crippen LogP contribution in [0, 0.1) is 0 Å². The molecule has 0 fully saturated rings. The molecule has 0 aliphatic rings. The molecule has 0 aromatic carbocycles. The molecule has 4 N–H and O–H groups in total. The molecular formula is C11H17N3O3S. The maximum absolute atomic E-state index is 11.7. The zero-order valence-electron chi connectivity index (χ0n) is 10.6. The fourth-order valence-corrected chi connectivity index (χ4v) is 1.95. The minimum atomic E-state index is -1.11. The smallest absolute Gasteiger partial charge is 0.308 e. The molecule has 1 rings (SSSR count). The van der Waals surface area contributed by atoms with Crippen molar-refractivity contribution >= 4 is 23.5 Å². The first-order chi connectivity index (χ1) is 8.19. The molecule has 0 amide bonds. The van der Waals surface area contributed by atoms with Gasteiger partial charge in [0, 0.05) is 4.75 Å². The van der Waals surface area contributed by atoms with Gasteiger partial charge in [0.05, 0.1) is 17.7 Å². The normalized spacial score (nSPS) is 11.5. The fourth-order valence-electron chi connectivity index (χ4n) is 1.24. The van der Waals surface area contributed by atoms with E-state index in [9.17, 15) is 9.59 Å². The first-order valence-corrected chi connectivity index (χ1v) is 6.41. The second-order valence-corrected chi connectivity index (χ2v) is 6.65. The SMILES string of the molecule is CC(C)(C)SCc1nc(N)c(CC(=O)O)c(=O)[nH]1. The summed E-state index contributed by atoms with van der Waals surface area (Å²) >= 11 is 1.62. The van der Waals surface area contributed by atoms with Crippen molar-refractivity contribution in [2.45, 2.75) is 37.7 Å². The largest absolute Gasteiger partial charge is 0.481 e. The number of hydrogen-bond donors (Lipinski definition) is 3. The Hall–Kier alpha value is -1.50. The summed E-state index contributed by atoms with van der Waals surface area (Å²) in [5.41, 5.74) is 5.14. The van der Waals surface area contributed by atoms with Crippen LogP contribution in [0.1, 0.15) is 32.2 Å². The first-order valence-electron chi connectivity index (χ1n) is 5.42. The number of aromatic nitrogens is 2. The number of rotatable bonds is 4. The number of hydrogen-bond acceptors (Lipinski definition) is 5. The van der Waals surface area contributed by atoms with Gasteiger partial charge in [-0.15, -0.1) is 11.8 Å². The summed E-state index contributed by atoms with van der Waals surface area (Å²) in [7, 11) is 0. The van der Waals surface area contributed by atoms with Gasteiger partial charge in [-0.2, -0.15) is 0 Å². The summed E-state index contributed by atoms with van der Waals surface area (Å²) in [6.07, 6.45) is -0.416. The van der Waals surface area contributed by atoms with Gasteiger partial charge >= 0.3 is 5.97 Å². The molecule has 1 aromatic heterocycles. The van der Waals surface area contributed by atoms with Crippen molar-refractivity contribution in [1.29, 1.82) is 0 Å². The summed E-state index contributed by atoms with van der Waals surface area (Å²) < 4.78 is 0.0487. The van der Waals surface area contributed by atoms with E-state index in [4.69, 9.17) is 10.8 Å². The van der Waals surface area contributed by atoms with Crippen LogP contribution in [-0.4, -0.2) is 25.8 Å². The molecule has 6 nitrogen and oxygen atoms in total. The highest BCUT2D eigenvalue weighted by Gasteiger charge is 2.15. The minimum absolute atomic E-state index is 0.00649. The van der Waals surface area contributed by atoms with Gasteiger partial charge in [-0.25, -0.2) is 4.98 Å². The van der Waals surface area contributed by atoms with Crippen LogP contribution < -0.4 is 11.3 Å². The zero-order chi connectivity index (χ0) is 13.9. The maximum Gasteiger partial charge on any atom is 0.308 e. The van der Waals surface area contributed by atoms with Crippen molar-refractivity contribution < 1.29 is 9.90 Å². The molecular weight excluding hydrogens is 254 g/mol. The summed E-state index contributed by atoms with van der Waals surface area (Å²) in [6, 6.07) is 0. The second kappa shape index (κ2) is 5.43. The molecule has 0 unspecified atom stereocenters. The van der Waals surface area contributed by atoms with Gasteiger partial charge in [-0.3, -0.25) is 9.59 Å². The lowest BCUT2D eigenvalue weighted by molar-refractivity contribution is -0.136. The highest BCUT2D eigenvalue weighted by molar-refractivity contribution is 7.99. The minimum Gasteiger partial charge on any atom is -0.481 e. The van der Waals surface area contributed by atoms with Crippen LogP contribution in [0.4, 0.5) is 5.82 Å². The lowest BCUT2D eigenvalue weighted by atomic mass is 10.2. The Bertz CT molecular complexity index is 505. The Morgan fingerprint density at radius 2 is 2.11 bits per heavy atom. The predicted octanol–water partition coefficient (Wildman–Crippen LogP) is 1.01. The second-order valence-electron chi connectivity index (χ2n) is 4.85. The van der Waals surface area contributed by atoms with Crippen LogP contribution in [0.5, 0.6) is 0 Å². The van der Waals surface area contributed by atoms with Crippen molar-refractivity contribution in [1.82, 2.24) is 9.97 Å². The number of thioether (sulfide) groups is 1. The summed E-state index contributed by atoms with van der Waals surface area (Å²) in [6.45, 7) is 6.16. The van der Waals surface area contributed by atoms with Crippen molar-refractivity contribution in [3.8, 4) is 0 Å². The summed E-state index contributed by atoms with van der Waals surface area (Å²) in [4.78, 5) is 28.8. The molecule has 1 aromatic rings. The number of carboxylic acids is 1. The van der Waals surface area contributed by atoms with E-state index in [1.165, 1.54) is 0 Å². The third-order valence-corrected chi connectivity index (χ3v) is 3.35. The van der Waals surface area contributed by atoms with E-state index < -0.39 is 17.9 Å². The number of aromatic amines is 1. The molecule has 0 radical (unpaired) electrons. The van der Waals surface area contributed by atoms with Crippen LogP contribution in [0.2, 0.25) is 0 Å². The number of carboxylic acid groups (broad SMARTS) is 1. The zero-order valence-corrected chi connectivity index (χ0v) is 11.4. The number of H-pyrrole nitrogens is 1. The van der Waals surface area contributed by atoms with E-state index in [0.717, 1.165) is 0 Å². The van der Waals surface area contributed by atoms with E-state index in [1.54, 1.807) is 11.8 Å². The maximum atomic E-state index is 11.7. The lowest BCUT2D eigenvalue weighted by Gasteiger charge is -2.17. The molecule has 0 atom stereocenters. The molecule has 1 heterocycles. The van der Waals surface area contributed by atoms with Crippen LogP contribution in [0.15, 0.2) is 4.79 Å². The number of nitrogens with one attached hydrogen (secondary N) is 1. The molecule has 0 saturated heterocycles. The van der Waals surface area contributed by atoms with Gasteiger partial charge in [0.25, 0.3) is 5.56 Å². The molecule has 7 heteroatoms. The van der Waals surface area contributed by atoms with Crippen LogP contribution in [0.25, 0.3) is 0 Å². The highest BCUT2D eigenvalue weighted by Crippen LogP contribution is 2.25. The lowest BCUT2D eigenvalue weighted by Crippen LogP contribution is -2.22. The molecule has 18 heavy (non-hydrogen) atoms. The van der Waals surface area contributed by atoms with Crippen LogP contribution in [-0.2, 0) is 17.0 Å². The fraction of sp³-hybridized carbons (Fsp3) is 0.545. The predicted molar refractivity (Wildman–Crippen MR) is 71.7 cm³/mol. The molecule has 0 aliphatic carbocycles. The Morgan fingerprint density at radius 1 is 1.50 bits per heavy atom. The number of nitrogen functional groups attached to an aromatic ring is 1. The standard InChI is InChI=1S/C11H17N3O3S/c1-11(2,3)18-5-7-13-9(12)6(4-8(15)16)10(17)14-7/h4-5H2,1-3H3,(H,15,16)(H3,12,13,14,17). The average molecular weight is 271 g/mol. The van der Waals surface area contributed by atoms with Gasteiger partial charge in [-0.05, 0) is 0 Å². The number of carbonyl (C=O) groups is 1. The number of anilines is 1. The summed E-state index contributed by atoms with van der Waals surface area (Å²) in [5.74, 6) is -0.126. The van der Waals surface area contributed by atoms with Gasteiger partial charge in [0.1, 0.15) is 11.6 Å². The summed E-state index contributed by atoms with van der Waals surface area (Å²) in [5, 5.41) is 8.65. The van der Waals surface area contributed by atoms with Gasteiger partial charge in [-0.1, -0.05) is 20.8 Å². The Labute approximate surface area is 109 Å².